The average Bonchev–Trinajstić information content (AvgIpc) is 3.20. The molecule has 1 saturated carbocycles. The number of halogens is 1. The lowest BCUT2D eigenvalue weighted by molar-refractivity contribution is 0.0949. The standard InChI is InChI=1S/C18H23ClN4OS/c1-23-15(7-8-21-23)14-10-16(25-17(14)19)18(24)22-13(11-20)9-12-5-3-2-4-6-12/h7-10,13H,2-6,11,20H2,1H3,(H,22,24)/t13-/m0/s1. The monoisotopic (exact) mass is 378 g/mol. The molecule has 0 radical (unpaired) electrons. The van der Waals surface area contributed by atoms with Crippen LogP contribution in [0.1, 0.15) is 41.8 Å². The lowest BCUT2D eigenvalue weighted by Gasteiger charge is -2.18. The zero-order valence-electron chi connectivity index (χ0n) is 14.3. The molecule has 0 aromatic carbocycles. The van der Waals surface area contributed by atoms with Crippen LogP contribution in [-0.4, -0.2) is 28.3 Å². The summed E-state index contributed by atoms with van der Waals surface area (Å²) < 4.78 is 2.33. The second kappa shape index (κ2) is 8.17. The van der Waals surface area contributed by atoms with E-state index in [0.29, 0.717) is 15.8 Å². The van der Waals surface area contributed by atoms with E-state index in [1.54, 1.807) is 10.9 Å². The van der Waals surface area contributed by atoms with Crippen molar-refractivity contribution in [3.05, 3.63) is 39.2 Å². The number of rotatable bonds is 5. The van der Waals surface area contributed by atoms with E-state index in [0.717, 1.165) is 24.1 Å². The van der Waals surface area contributed by atoms with Gasteiger partial charge in [0.15, 0.2) is 0 Å². The maximum atomic E-state index is 12.6. The Morgan fingerprint density at radius 2 is 2.24 bits per heavy atom. The minimum Gasteiger partial charge on any atom is -0.344 e. The molecule has 0 unspecified atom stereocenters. The summed E-state index contributed by atoms with van der Waals surface area (Å²) in [4.78, 5) is 13.2. The number of carbonyl (C=O) groups excluding carboxylic acids is 1. The fourth-order valence-corrected chi connectivity index (χ4v) is 4.35. The van der Waals surface area contributed by atoms with Crippen LogP contribution in [0.2, 0.25) is 4.34 Å². The molecule has 7 heteroatoms. The minimum atomic E-state index is -0.137. The van der Waals surface area contributed by atoms with Gasteiger partial charge in [0, 0.05) is 25.4 Å². The third-order valence-electron chi connectivity index (χ3n) is 4.51. The summed E-state index contributed by atoms with van der Waals surface area (Å²) in [6.45, 7) is 0.392. The molecule has 2 heterocycles. The van der Waals surface area contributed by atoms with Gasteiger partial charge in [-0.05, 0) is 37.8 Å². The van der Waals surface area contributed by atoms with Crippen LogP contribution < -0.4 is 11.1 Å². The largest absolute Gasteiger partial charge is 0.344 e. The van der Waals surface area contributed by atoms with Crippen molar-refractivity contribution < 1.29 is 4.79 Å². The molecule has 2 aromatic rings. The summed E-state index contributed by atoms with van der Waals surface area (Å²) in [6, 6.07) is 3.56. The quantitative estimate of drug-likeness (QED) is 0.778. The van der Waals surface area contributed by atoms with Crippen LogP contribution in [0.15, 0.2) is 30.0 Å². The molecule has 0 spiro atoms. The molecule has 1 amide bonds. The number of thiophene rings is 1. The molecule has 3 rings (SSSR count). The highest BCUT2D eigenvalue weighted by Crippen LogP contribution is 2.35. The summed E-state index contributed by atoms with van der Waals surface area (Å²) in [5, 5.41) is 7.17. The lowest BCUT2D eigenvalue weighted by atomic mass is 9.93. The molecule has 0 aliphatic heterocycles. The Hall–Kier alpha value is -1.63. The topological polar surface area (TPSA) is 72.9 Å². The van der Waals surface area contributed by atoms with Crippen molar-refractivity contribution in [3.63, 3.8) is 0 Å². The number of nitrogens with two attached hydrogens (primary N) is 1. The SMILES string of the molecule is Cn1nccc1-c1cc(C(=O)N[C@@H](C=C2CCCCC2)CN)sc1Cl. The second-order valence-electron chi connectivity index (χ2n) is 6.34. The maximum absolute atomic E-state index is 12.6. The van der Waals surface area contributed by atoms with Crippen molar-refractivity contribution in [2.24, 2.45) is 12.8 Å². The Bertz CT molecular complexity index is 772. The number of nitrogens with zero attached hydrogens (tertiary/aromatic N) is 2. The Kier molecular flexibility index (Phi) is 5.93. The molecule has 3 N–H and O–H groups in total. The zero-order chi connectivity index (χ0) is 17.8. The number of allylic oxidation sites excluding steroid dienone is 1. The number of nitrogens with one attached hydrogen (secondary N) is 1. The van der Waals surface area contributed by atoms with Crippen LogP contribution in [-0.2, 0) is 7.05 Å². The average molecular weight is 379 g/mol. The van der Waals surface area contributed by atoms with Crippen molar-refractivity contribution in [3.8, 4) is 11.3 Å². The van der Waals surface area contributed by atoms with Crippen molar-refractivity contribution in [2.45, 2.75) is 38.1 Å². The number of hydrogen-bond acceptors (Lipinski definition) is 4. The molecule has 2 aromatic heterocycles. The van der Waals surface area contributed by atoms with Crippen molar-refractivity contribution in [2.75, 3.05) is 6.54 Å². The normalized spacial score (nSPS) is 15.9. The maximum Gasteiger partial charge on any atom is 0.261 e. The van der Waals surface area contributed by atoms with E-state index < -0.39 is 0 Å². The Balaban J connectivity index is 1.73. The summed E-state index contributed by atoms with van der Waals surface area (Å²) in [5.74, 6) is -0.136. The number of carbonyl (C=O) groups is 1. The first-order chi connectivity index (χ1) is 12.1. The summed E-state index contributed by atoms with van der Waals surface area (Å²) >= 11 is 7.62. The van der Waals surface area contributed by atoms with Gasteiger partial charge in [0.05, 0.1) is 16.6 Å². The number of amides is 1. The van der Waals surface area contributed by atoms with Gasteiger partial charge in [0.1, 0.15) is 4.34 Å². The molecule has 0 saturated heterocycles. The summed E-state index contributed by atoms with van der Waals surface area (Å²) in [6.07, 6.45) is 9.82. The highest BCUT2D eigenvalue weighted by Gasteiger charge is 2.19. The lowest BCUT2D eigenvalue weighted by Crippen LogP contribution is -2.38. The van der Waals surface area contributed by atoms with Gasteiger partial charge in [-0.25, -0.2) is 0 Å². The molecule has 1 atom stereocenters. The van der Waals surface area contributed by atoms with E-state index in [4.69, 9.17) is 17.3 Å². The van der Waals surface area contributed by atoms with Crippen molar-refractivity contribution in [1.82, 2.24) is 15.1 Å². The molecule has 1 aliphatic rings. The number of hydrogen-bond donors (Lipinski definition) is 2. The molecule has 0 bridgehead atoms. The van der Waals surface area contributed by atoms with E-state index in [9.17, 15) is 4.79 Å². The first kappa shape index (κ1) is 18.2. The van der Waals surface area contributed by atoms with Crippen LogP contribution in [0.4, 0.5) is 0 Å². The smallest absolute Gasteiger partial charge is 0.261 e. The van der Waals surface area contributed by atoms with Gasteiger partial charge in [-0.15, -0.1) is 11.3 Å². The zero-order valence-corrected chi connectivity index (χ0v) is 15.9. The number of aryl methyl sites for hydroxylation is 1. The highest BCUT2D eigenvalue weighted by atomic mass is 35.5. The van der Waals surface area contributed by atoms with E-state index in [1.165, 1.54) is 36.2 Å². The van der Waals surface area contributed by atoms with Gasteiger partial charge in [-0.2, -0.15) is 5.10 Å². The van der Waals surface area contributed by atoms with Crippen LogP contribution in [0.3, 0.4) is 0 Å². The molecular formula is C18H23ClN4OS. The van der Waals surface area contributed by atoms with Gasteiger partial charge in [0.25, 0.3) is 5.91 Å². The minimum absolute atomic E-state index is 0.136. The van der Waals surface area contributed by atoms with Crippen molar-refractivity contribution >= 4 is 28.8 Å². The second-order valence-corrected chi connectivity index (χ2v) is 7.99. The van der Waals surface area contributed by atoms with E-state index in [2.05, 4.69) is 16.5 Å². The van der Waals surface area contributed by atoms with Crippen LogP contribution in [0.5, 0.6) is 0 Å². The predicted molar refractivity (Wildman–Crippen MR) is 103 cm³/mol. The molecular weight excluding hydrogens is 356 g/mol. The van der Waals surface area contributed by atoms with E-state index in [1.807, 2.05) is 19.2 Å². The van der Waals surface area contributed by atoms with Gasteiger partial charge in [-0.1, -0.05) is 29.7 Å². The Morgan fingerprint density at radius 3 is 2.88 bits per heavy atom. The first-order valence-electron chi connectivity index (χ1n) is 8.56. The first-order valence-corrected chi connectivity index (χ1v) is 9.76. The van der Waals surface area contributed by atoms with E-state index >= 15 is 0 Å². The fraction of sp³-hybridized carbons (Fsp3) is 0.444. The molecule has 25 heavy (non-hydrogen) atoms. The fourth-order valence-electron chi connectivity index (χ4n) is 3.16. The third kappa shape index (κ3) is 4.32. The molecule has 134 valence electrons. The highest BCUT2D eigenvalue weighted by molar-refractivity contribution is 7.18. The Morgan fingerprint density at radius 1 is 1.48 bits per heavy atom. The summed E-state index contributed by atoms with van der Waals surface area (Å²) in [5.41, 5.74) is 8.97. The van der Waals surface area contributed by atoms with Crippen molar-refractivity contribution in [1.29, 1.82) is 0 Å². The van der Waals surface area contributed by atoms with Crippen LogP contribution in [0, 0.1) is 0 Å². The number of aromatic nitrogens is 2. The molecule has 5 nitrogen and oxygen atoms in total. The predicted octanol–water partition coefficient (Wildman–Crippen LogP) is 3.75. The van der Waals surface area contributed by atoms with Gasteiger partial charge < -0.3 is 11.1 Å². The third-order valence-corrected chi connectivity index (χ3v) is 5.87. The van der Waals surface area contributed by atoms with Gasteiger partial charge in [-0.3, -0.25) is 9.48 Å². The summed E-state index contributed by atoms with van der Waals surface area (Å²) in [7, 11) is 1.85. The van der Waals surface area contributed by atoms with Crippen LogP contribution in [0.25, 0.3) is 11.3 Å². The molecule has 1 fully saturated rings. The Labute approximate surface area is 156 Å². The van der Waals surface area contributed by atoms with Gasteiger partial charge in [0.2, 0.25) is 0 Å². The van der Waals surface area contributed by atoms with Gasteiger partial charge >= 0.3 is 0 Å². The van der Waals surface area contributed by atoms with E-state index in [-0.39, 0.29) is 11.9 Å². The van der Waals surface area contributed by atoms with Crippen LogP contribution >= 0.6 is 22.9 Å². The molecule has 1 aliphatic carbocycles.